The number of hydrogen-bond donors (Lipinski definition) is 0. The number of halogens is 1. The smallest absolute Gasteiger partial charge is 0.316 e. The van der Waals surface area contributed by atoms with Gasteiger partial charge in [0.05, 0.1) is 7.11 Å². The quantitative estimate of drug-likeness (QED) is 0.592. The predicted molar refractivity (Wildman–Crippen MR) is 56.0 cm³/mol. The normalized spacial score (nSPS) is 8.50. The fourth-order valence-electron chi connectivity index (χ4n) is 0.735. The van der Waals surface area contributed by atoms with E-state index in [2.05, 4.69) is 15.9 Å². The molecule has 4 heteroatoms. The topological polar surface area (TPSA) is 18.5 Å². The van der Waals surface area contributed by atoms with Gasteiger partial charge in [0.15, 0.2) is 0 Å². The summed E-state index contributed by atoms with van der Waals surface area (Å²) in [5, 5.41) is 0. The van der Waals surface area contributed by atoms with Crippen LogP contribution >= 0.6 is 15.9 Å². The summed E-state index contributed by atoms with van der Waals surface area (Å²) in [4.78, 5) is 0. The monoisotopic (exact) mass is 242 g/mol. The van der Waals surface area contributed by atoms with Crippen molar-refractivity contribution in [2.24, 2.45) is 0 Å². The summed E-state index contributed by atoms with van der Waals surface area (Å²) in [7, 11) is 1.64. The molecule has 0 spiro atoms. The van der Waals surface area contributed by atoms with Crippen molar-refractivity contribution < 1.29 is 9.47 Å². The maximum Gasteiger partial charge on any atom is 0.316 e. The molecule has 0 bridgehead atoms. The van der Waals surface area contributed by atoms with Crippen LogP contribution in [-0.4, -0.2) is 35.7 Å². The molecule has 0 N–H and O–H groups in total. The number of rotatable bonds is 3. The molecule has 0 radical (unpaired) electrons. The number of methoxy groups -OCH3 is 1. The van der Waals surface area contributed by atoms with Crippen LogP contribution in [-0.2, 0) is 0 Å². The molecule has 64 valence electrons. The minimum Gasteiger partial charge on any atom is -0.497 e. The summed E-state index contributed by atoms with van der Waals surface area (Å²) in [6.07, 6.45) is 0. The van der Waals surface area contributed by atoms with Crippen LogP contribution in [0.1, 0.15) is 0 Å². The van der Waals surface area contributed by atoms with E-state index in [4.69, 9.17) is 9.47 Å². The van der Waals surface area contributed by atoms with E-state index in [-0.39, 0.29) is 23.1 Å². The molecule has 0 aromatic heterocycles. The Bertz CT molecular complexity index is 213. The highest BCUT2D eigenvalue weighted by Gasteiger charge is 1.91. The number of benzene rings is 1. The van der Waals surface area contributed by atoms with Crippen LogP contribution in [0.3, 0.4) is 0 Å². The average molecular weight is 243 g/mol. The lowest BCUT2D eigenvalue weighted by Crippen LogP contribution is -1.88. The molecule has 0 aliphatic rings. The van der Waals surface area contributed by atoms with Crippen molar-refractivity contribution in [2.75, 3.05) is 12.6 Å². The van der Waals surface area contributed by atoms with Gasteiger partial charge in [0.2, 0.25) is 0 Å². The predicted octanol–water partition coefficient (Wildman–Crippen LogP) is 1.51. The number of ether oxygens (including phenoxy) is 2. The van der Waals surface area contributed by atoms with Gasteiger partial charge in [0.1, 0.15) is 17.0 Å². The third kappa shape index (κ3) is 3.65. The molecule has 1 aromatic carbocycles. The SMILES string of the molecule is COc1ccc(OCBr)cc1.[MgH2]. The first kappa shape index (κ1) is 12.1. The minimum atomic E-state index is 0. The van der Waals surface area contributed by atoms with Gasteiger partial charge in [0.25, 0.3) is 0 Å². The summed E-state index contributed by atoms with van der Waals surface area (Å²) >= 11 is 3.17. The van der Waals surface area contributed by atoms with E-state index in [1.165, 1.54) is 0 Å². The summed E-state index contributed by atoms with van der Waals surface area (Å²) < 4.78 is 10.1. The molecule has 0 aliphatic carbocycles. The second-order valence-electron chi connectivity index (χ2n) is 1.93. The van der Waals surface area contributed by atoms with Crippen molar-refractivity contribution in [3.63, 3.8) is 0 Å². The average Bonchev–Trinajstić information content (AvgIpc) is 2.07. The molecular formula is C8H11BrMgO2. The maximum absolute atomic E-state index is 5.17. The fourth-order valence-corrected chi connectivity index (χ4v) is 0.999. The van der Waals surface area contributed by atoms with Crippen molar-refractivity contribution in [1.82, 2.24) is 0 Å². The molecular weight excluding hydrogens is 232 g/mol. The molecule has 0 amide bonds. The highest BCUT2D eigenvalue weighted by atomic mass is 79.9. The van der Waals surface area contributed by atoms with Crippen LogP contribution in [0.4, 0.5) is 0 Å². The first-order valence-corrected chi connectivity index (χ1v) is 4.32. The Morgan fingerprint density at radius 3 is 2.08 bits per heavy atom. The lowest BCUT2D eigenvalue weighted by molar-refractivity contribution is 0.392. The zero-order valence-electron chi connectivity index (χ0n) is 6.21. The Balaban J connectivity index is 0.00000121. The first-order chi connectivity index (χ1) is 5.36. The summed E-state index contributed by atoms with van der Waals surface area (Å²) in [5.41, 5.74) is 0.513. The van der Waals surface area contributed by atoms with Gasteiger partial charge in [-0.05, 0) is 40.2 Å². The van der Waals surface area contributed by atoms with Crippen LogP contribution < -0.4 is 9.47 Å². The second kappa shape index (κ2) is 6.57. The summed E-state index contributed by atoms with van der Waals surface area (Å²) in [6, 6.07) is 7.44. The van der Waals surface area contributed by atoms with E-state index in [1.807, 2.05) is 24.3 Å². The zero-order valence-corrected chi connectivity index (χ0v) is 7.80. The molecule has 0 fully saturated rings. The van der Waals surface area contributed by atoms with E-state index in [0.717, 1.165) is 11.5 Å². The Hall–Kier alpha value is 0.0662. The zero-order chi connectivity index (χ0) is 8.10. The maximum atomic E-state index is 5.17. The molecule has 0 saturated heterocycles. The largest absolute Gasteiger partial charge is 0.497 e. The van der Waals surface area contributed by atoms with Crippen LogP contribution in [0.25, 0.3) is 0 Å². The molecule has 12 heavy (non-hydrogen) atoms. The molecule has 0 saturated carbocycles. The molecule has 1 aromatic rings. The second-order valence-corrected chi connectivity index (χ2v) is 2.39. The van der Waals surface area contributed by atoms with Crippen molar-refractivity contribution in [3.8, 4) is 11.5 Å². The van der Waals surface area contributed by atoms with Crippen molar-refractivity contribution in [1.29, 1.82) is 0 Å². The first-order valence-electron chi connectivity index (χ1n) is 3.19. The van der Waals surface area contributed by atoms with Gasteiger partial charge in [-0.15, -0.1) is 0 Å². The Morgan fingerprint density at radius 1 is 1.17 bits per heavy atom. The lowest BCUT2D eigenvalue weighted by atomic mass is 10.3. The van der Waals surface area contributed by atoms with Gasteiger partial charge < -0.3 is 9.47 Å². The molecule has 0 aliphatic heterocycles. The Morgan fingerprint density at radius 2 is 1.67 bits per heavy atom. The summed E-state index contributed by atoms with van der Waals surface area (Å²) in [6.45, 7) is 0. The molecule has 0 heterocycles. The van der Waals surface area contributed by atoms with Gasteiger partial charge in [-0.2, -0.15) is 0 Å². The highest BCUT2D eigenvalue weighted by Crippen LogP contribution is 2.16. The third-order valence-electron chi connectivity index (χ3n) is 1.28. The molecule has 0 atom stereocenters. The molecule has 1 rings (SSSR count). The minimum absolute atomic E-state index is 0. The molecule has 0 unspecified atom stereocenters. The molecule has 2 nitrogen and oxygen atoms in total. The van der Waals surface area contributed by atoms with E-state index in [9.17, 15) is 0 Å². The Labute approximate surface area is 96.5 Å². The number of alkyl halides is 1. The fraction of sp³-hybridized carbons (Fsp3) is 0.250. The van der Waals surface area contributed by atoms with Crippen LogP contribution in [0.2, 0.25) is 0 Å². The van der Waals surface area contributed by atoms with Gasteiger partial charge >= 0.3 is 23.1 Å². The number of hydrogen-bond acceptors (Lipinski definition) is 2. The van der Waals surface area contributed by atoms with Crippen LogP contribution in [0.15, 0.2) is 24.3 Å². The highest BCUT2D eigenvalue weighted by molar-refractivity contribution is 9.09. The third-order valence-corrected chi connectivity index (χ3v) is 1.51. The van der Waals surface area contributed by atoms with Crippen molar-refractivity contribution >= 4 is 39.0 Å². The summed E-state index contributed by atoms with van der Waals surface area (Å²) in [5.74, 6) is 1.68. The van der Waals surface area contributed by atoms with E-state index < -0.39 is 0 Å². The van der Waals surface area contributed by atoms with Gasteiger partial charge in [0, 0.05) is 0 Å². The van der Waals surface area contributed by atoms with Crippen molar-refractivity contribution in [2.45, 2.75) is 0 Å². The van der Waals surface area contributed by atoms with Crippen LogP contribution in [0, 0.1) is 0 Å². The lowest BCUT2D eigenvalue weighted by Gasteiger charge is -2.02. The van der Waals surface area contributed by atoms with Crippen LogP contribution in [0.5, 0.6) is 11.5 Å². The van der Waals surface area contributed by atoms with Gasteiger partial charge in [-0.25, -0.2) is 0 Å². The van der Waals surface area contributed by atoms with Gasteiger partial charge in [-0.3, -0.25) is 0 Å². The van der Waals surface area contributed by atoms with Crippen molar-refractivity contribution in [3.05, 3.63) is 24.3 Å². The van der Waals surface area contributed by atoms with E-state index in [1.54, 1.807) is 7.11 Å². The Kier molecular flexibility index (Phi) is 6.60. The van der Waals surface area contributed by atoms with E-state index in [0.29, 0.717) is 5.52 Å². The van der Waals surface area contributed by atoms with Gasteiger partial charge in [-0.1, -0.05) is 0 Å². The van der Waals surface area contributed by atoms with E-state index >= 15 is 0 Å². The standard InChI is InChI=1S/C8H9BrO2.Mg.2H/c1-10-7-2-4-8(5-3-7)11-6-9;;;/h2-5H,6H2,1H3;;;.